The standard InChI is InChI=1S/C15H16N2O5.C13H12N2O4/c1-20-9-2-3-10-11(15(16)19)7-13(18)17(12(10)6-9)8-14-21-4-5-22-14;1-19-8-2-3-9-10(13(14)18)7-12(17)15(4-5-16)11(9)6-8/h2-3,6-7,14H,4-5,8H2,1H3,(H2,16,19);2-3,5-7H,4H2,1H3,(H2,14,18). The summed E-state index contributed by atoms with van der Waals surface area (Å²) in [5.41, 5.74) is 11.1. The molecule has 0 bridgehead atoms. The number of nitrogens with two attached hydrogens (primary N) is 2. The Balaban J connectivity index is 0.000000191. The van der Waals surface area contributed by atoms with Crippen molar-refractivity contribution in [3.8, 4) is 11.5 Å². The molecule has 3 heterocycles. The zero-order valence-corrected chi connectivity index (χ0v) is 22.3. The van der Waals surface area contributed by atoms with E-state index in [1.54, 1.807) is 36.4 Å². The van der Waals surface area contributed by atoms with Gasteiger partial charge in [-0.2, -0.15) is 0 Å². The number of amides is 2. The number of hydrogen-bond donors (Lipinski definition) is 2. The third-order valence-corrected chi connectivity index (χ3v) is 6.45. The first-order chi connectivity index (χ1) is 19.7. The first-order valence-corrected chi connectivity index (χ1v) is 12.4. The fourth-order valence-corrected chi connectivity index (χ4v) is 4.50. The predicted molar refractivity (Wildman–Crippen MR) is 148 cm³/mol. The summed E-state index contributed by atoms with van der Waals surface area (Å²) < 4.78 is 23.8. The van der Waals surface area contributed by atoms with Crippen molar-refractivity contribution in [2.45, 2.75) is 19.4 Å². The first-order valence-electron chi connectivity index (χ1n) is 12.4. The molecule has 13 nitrogen and oxygen atoms in total. The molecule has 0 radical (unpaired) electrons. The van der Waals surface area contributed by atoms with E-state index in [1.807, 2.05) is 0 Å². The molecule has 1 fully saturated rings. The van der Waals surface area contributed by atoms with Crippen LogP contribution in [0, 0.1) is 0 Å². The number of rotatable bonds is 8. The van der Waals surface area contributed by atoms with Gasteiger partial charge in [0.25, 0.3) is 11.1 Å². The number of aldehydes is 1. The van der Waals surface area contributed by atoms with Crippen LogP contribution in [0.4, 0.5) is 0 Å². The van der Waals surface area contributed by atoms with Gasteiger partial charge in [0.2, 0.25) is 11.8 Å². The Labute approximate surface area is 232 Å². The lowest BCUT2D eigenvalue weighted by Crippen LogP contribution is -2.29. The molecule has 0 unspecified atom stereocenters. The van der Waals surface area contributed by atoms with E-state index in [0.717, 1.165) is 6.07 Å². The molecule has 1 saturated heterocycles. The van der Waals surface area contributed by atoms with E-state index in [2.05, 4.69) is 0 Å². The SMILES string of the molecule is COc1ccc2c(C(N)=O)cc(=O)n(CC3OCCO3)c2c1.COc1ccc2c(C(N)=O)cc(=O)n(CC=O)c2c1. The maximum absolute atomic E-state index is 12.3. The monoisotopic (exact) mass is 564 g/mol. The summed E-state index contributed by atoms with van der Waals surface area (Å²) >= 11 is 0. The third-order valence-electron chi connectivity index (χ3n) is 6.45. The van der Waals surface area contributed by atoms with Gasteiger partial charge in [-0.05, 0) is 24.3 Å². The summed E-state index contributed by atoms with van der Waals surface area (Å²) in [6.45, 7) is 1.14. The van der Waals surface area contributed by atoms with Crippen LogP contribution in [0.25, 0.3) is 21.8 Å². The van der Waals surface area contributed by atoms with Gasteiger partial charge in [-0.3, -0.25) is 19.2 Å². The number of aromatic nitrogens is 2. The molecule has 0 aliphatic carbocycles. The number of nitrogens with zero attached hydrogens (tertiary/aromatic N) is 2. The Morgan fingerprint density at radius 2 is 1.29 bits per heavy atom. The van der Waals surface area contributed by atoms with E-state index in [0.29, 0.717) is 52.8 Å². The molecule has 1 aliphatic heterocycles. The van der Waals surface area contributed by atoms with Crippen molar-refractivity contribution >= 4 is 39.9 Å². The molecule has 0 atom stereocenters. The summed E-state index contributed by atoms with van der Waals surface area (Å²) in [4.78, 5) is 57.8. The lowest BCUT2D eigenvalue weighted by molar-refractivity contribution is -0.108. The highest BCUT2D eigenvalue weighted by atomic mass is 16.7. The number of primary amides is 2. The van der Waals surface area contributed by atoms with Crippen LogP contribution < -0.4 is 32.1 Å². The highest BCUT2D eigenvalue weighted by Gasteiger charge is 2.20. The van der Waals surface area contributed by atoms with E-state index in [9.17, 15) is 24.0 Å². The third kappa shape index (κ3) is 6.10. The molecular formula is C28H28N4O9. The summed E-state index contributed by atoms with van der Waals surface area (Å²) in [6.07, 6.45) is 0.135. The minimum atomic E-state index is -0.689. The van der Waals surface area contributed by atoms with Gasteiger partial charge in [-0.25, -0.2) is 0 Å². The number of hydrogen-bond acceptors (Lipinski definition) is 9. The van der Waals surface area contributed by atoms with E-state index >= 15 is 0 Å². The average molecular weight is 565 g/mol. The van der Waals surface area contributed by atoms with Gasteiger partial charge in [0.1, 0.15) is 17.8 Å². The van der Waals surface area contributed by atoms with Crippen molar-refractivity contribution in [2.75, 3.05) is 27.4 Å². The normalized spacial score (nSPS) is 13.0. The van der Waals surface area contributed by atoms with Crippen molar-refractivity contribution in [3.05, 3.63) is 80.4 Å². The quantitative estimate of drug-likeness (QED) is 0.292. The Morgan fingerprint density at radius 3 is 1.73 bits per heavy atom. The first kappa shape index (κ1) is 29.0. The second-order valence-electron chi connectivity index (χ2n) is 8.85. The summed E-state index contributed by atoms with van der Waals surface area (Å²) in [7, 11) is 3.02. The van der Waals surface area contributed by atoms with E-state index in [-0.39, 0.29) is 29.8 Å². The van der Waals surface area contributed by atoms with Crippen LogP contribution in [-0.4, -0.2) is 61.0 Å². The van der Waals surface area contributed by atoms with E-state index in [4.69, 9.17) is 30.4 Å². The highest BCUT2D eigenvalue weighted by molar-refractivity contribution is 6.06. The van der Waals surface area contributed by atoms with Crippen LogP contribution in [0.15, 0.2) is 58.1 Å². The fourth-order valence-electron chi connectivity index (χ4n) is 4.50. The van der Waals surface area contributed by atoms with E-state index < -0.39 is 23.7 Å². The number of fused-ring (bicyclic) bond motifs is 2. The minimum absolute atomic E-state index is 0.0957. The number of pyridine rings is 2. The molecule has 4 aromatic rings. The molecule has 5 rings (SSSR count). The fraction of sp³-hybridized carbons (Fsp3) is 0.250. The van der Waals surface area contributed by atoms with Gasteiger partial charge in [-0.15, -0.1) is 0 Å². The smallest absolute Gasteiger partial charge is 0.252 e. The zero-order valence-electron chi connectivity index (χ0n) is 22.3. The van der Waals surface area contributed by atoms with Gasteiger partial charge < -0.3 is 44.3 Å². The Kier molecular flexibility index (Phi) is 8.80. The van der Waals surface area contributed by atoms with E-state index in [1.165, 1.54) is 29.4 Å². The summed E-state index contributed by atoms with van der Waals surface area (Å²) in [5, 5.41) is 1.10. The van der Waals surface area contributed by atoms with Crippen molar-refractivity contribution in [3.63, 3.8) is 0 Å². The Hall–Kier alpha value is -5.01. The number of benzene rings is 2. The van der Waals surface area contributed by atoms with Crippen LogP contribution >= 0.6 is 0 Å². The Morgan fingerprint density at radius 1 is 0.829 bits per heavy atom. The number of methoxy groups -OCH3 is 2. The van der Waals surface area contributed by atoms with Crippen molar-refractivity contribution in [2.24, 2.45) is 11.5 Å². The van der Waals surface area contributed by atoms with Gasteiger partial charge >= 0.3 is 0 Å². The van der Waals surface area contributed by atoms with Crippen LogP contribution in [0.5, 0.6) is 11.5 Å². The predicted octanol–water partition coefficient (Wildman–Crippen LogP) is 0.790. The molecule has 214 valence electrons. The summed E-state index contributed by atoms with van der Waals surface area (Å²) in [5.74, 6) is -0.234. The second kappa shape index (κ2) is 12.4. The molecule has 0 saturated carbocycles. The second-order valence-corrected chi connectivity index (χ2v) is 8.85. The van der Waals surface area contributed by atoms with Crippen LogP contribution in [0.1, 0.15) is 20.7 Å². The number of carbonyl (C=O) groups is 3. The molecule has 41 heavy (non-hydrogen) atoms. The molecule has 0 spiro atoms. The topological polar surface area (TPSA) is 184 Å². The van der Waals surface area contributed by atoms with Crippen LogP contribution in [-0.2, 0) is 27.4 Å². The summed E-state index contributed by atoms with van der Waals surface area (Å²) in [6, 6.07) is 12.4. The van der Waals surface area contributed by atoms with Gasteiger partial charge in [0.15, 0.2) is 6.29 Å². The van der Waals surface area contributed by atoms with Crippen molar-refractivity contribution in [1.29, 1.82) is 0 Å². The molecule has 2 amide bonds. The molecule has 1 aliphatic rings. The lowest BCUT2D eigenvalue weighted by Gasteiger charge is -2.16. The van der Waals surface area contributed by atoms with Crippen molar-refractivity contribution < 1.29 is 33.3 Å². The van der Waals surface area contributed by atoms with Crippen molar-refractivity contribution in [1.82, 2.24) is 9.13 Å². The van der Waals surface area contributed by atoms with Crippen LogP contribution in [0.3, 0.4) is 0 Å². The number of carbonyl (C=O) groups excluding carboxylic acids is 3. The minimum Gasteiger partial charge on any atom is -0.497 e. The highest BCUT2D eigenvalue weighted by Crippen LogP contribution is 2.24. The molecule has 4 N–H and O–H groups in total. The lowest BCUT2D eigenvalue weighted by atomic mass is 10.1. The molecular weight excluding hydrogens is 536 g/mol. The average Bonchev–Trinajstić information content (AvgIpc) is 3.48. The van der Waals surface area contributed by atoms with Gasteiger partial charge in [-0.1, -0.05) is 0 Å². The van der Waals surface area contributed by atoms with Gasteiger partial charge in [0.05, 0.1) is 62.7 Å². The maximum atomic E-state index is 12.3. The largest absolute Gasteiger partial charge is 0.497 e. The molecule has 2 aromatic heterocycles. The Bertz CT molecular complexity index is 1750. The zero-order chi connectivity index (χ0) is 29.7. The van der Waals surface area contributed by atoms with Crippen LogP contribution in [0.2, 0.25) is 0 Å². The molecule has 13 heteroatoms. The molecule has 2 aromatic carbocycles. The van der Waals surface area contributed by atoms with Gasteiger partial charge in [0, 0.05) is 35.0 Å². The number of ether oxygens (including phenoxy) is 4. The maximum Gasteiger partial charge on any atom is 0.252 e.